The van der Waals surface area contributed by atoms with Crippen molar-refractivity contribution in [3.63, 3.8) is 0 Å². The molecule has 1 heterocycles. The van der Waals surface area contributed by atoms with E-state index >= 15 is 0 Å². The van der Waals surface area contributed by atoms with Crippen molar-refractivity contribution < 1.29 is 164 Å². The molecular formula is C66H126N16O35S4. The SMILES string of the molecule is CC(=O)O.CC(=O)O.CC(=O)O.CC(=O)O.CC(=O)O.CC(C)CCCCC(=O)N[C@@H](CCNCS(=O)(=O)O)C(=O)N[C@H](C(=O)NC(CCNCS(=O)(=O)O)C(=O)N[C@H]1CCNC(=O)[C@H]([C@@H](C)O)NC(=O)[C@H](CCN)NC(=O)[C@H](CCNCS(=O)(=O)O)NC(=O)[C@H](CC(C)C)NC(=O)[C@@H](CC(C)C)NC(=O)[C@H](CCNCS(=O)(=O)O)NC1=O)[C@@H](C)O. The van der Waals surface area contributed by atoms with Gasteiger partial charge in [-0.1, -0.05) is 54.4 Å². The lowest BCUT2D eigenvalue weighted by atomic mass is 9.99. The Labute approximate surface area is 702 Å². The van der Waals surface area contributed by atoms with Crippen molar-refractivity contribution in [2.75, 3.05) is 62.8 Å². The maximum atomic E-state index is 14.8. The van der Waals surface area contributed by atoms with Crippen LogP contribution in [0.5, 0.6) is 0 Å². The fourth-order valence-electron chi connectivity index (χ4n) is 9.74. The van der Waals surface area contributed by atoms with E-state index in [1.165, 1.54) is 0 Å². The van der Waals surface area contributed by atoms with Gasteiger partial charge in [0.15, 0.2) is 0 Å². The van der Waals surface area contributed by atoms with Gasteiger partial charge in [0.25, 0.3) is 70.3 Å². The maximum Gasteiger partial charge on any atom is 0.300 e. The number of aliphatic hydroxyl groups excluding tert-OH is 2. The molecule has 1 aliphatic rings. The molecule has 0 spiro atoms. The van der Waals surface area contributed by atoms with E-state index in [2.05, 4.69) is 79.8 Å². The standard InChI is InChI=1S/C56H106N16O25S4.5C2H4O2/c1-31(2)11-9-10-12-44(75)63-37(14-20-58-27-98(86,87)88)52(81)72-46(35(8)74)56(85)68-40(17-23-61-30-101(95,96)97)48(77)66-41-18-24-62-55(84)45(34(7)73)71-51(80)36(13-19-57)64-47(76)38(15-21-59-28-99(89,90)91)67-53(82)42(25-32(3)4)70-54(83)43(26-33(5)6)69-50(79)39(65-49(41)78)16-22-60-29-100(92,93)94;5*1-2(3)4/h31-43,45-46,58-61,73-74H,9-30,57H2,1-8H3,(H,62,84)(H,63,75)(H,64,76)(H,65,78)(H,66,77)(H,67,82)(H,68,85)(H,69,79)(H,70,83)(H,71,80)(H,72,81)(H,86,87,88)(H,89,90,91)(H,92,93,94)(H,95,96,97);5*1H3,(H,3,4)/t34-,35-,36+,37+,38+,39+,40?,41+,42+,43-,45+,46+;;;;;/m1...../s1. The highest BCUT2D eigenvalue weighted by atomic mass is 32.2. The van der Waals surface area contributed by atoms with Crippen LogP contribution in [0.25, 0.3) is 0 Å². The topological polar surface area (TPSA) is 839 Å². The molecule has 12 atom stereocenters. The first-order chi connectivity index (χ1) is 55.4. The van der Waals surface area contributed by atoms with Crippen molar-refractivity contribution >= 4 is 135 Å². The highest BCUT2D eigenvalue weighted by molar-refractivity contribution is 7.86. The zero-order chi connectivity index (χ0) is 95.1. The van der Waals surface area contributed by atoms with Crippen LogP contribution in [0.3, 0.4) is 0 Å². The molecule has 1 aliphatic heterocycles. The van der Waals surface area contributed by atoms with Gasteiger partial charge in [-0.3, -0.25) is 94.9 Å². The first kappa shape index (κ1) is 120. The number of unbranched alkanes of at least 4 members (excludes halogenated alkanes) is 1. The second-order valence-corrected chi connectivity index (χ2v) is 34.0. The van der Waals surface area contributed by atoms with E-state index in [1.54, 1.807) is 27.7 Å². The van der Waals surface area contributed by atoms with Crippen LogP contribution in [-0.2, 0) is 117 Å². The summed E-state index contributed by atoms with van der Waals surface area (Å²) in [7, 11) is -18.6. The van der Waals surface area contributed by atoms with Gasteiger partial charge in [0.1, 0.15) is 83.9 Å². The Morgan fingerprint density at radius 3 is 1.08 bits per heavy atom. The molecule has 51 nitrogen and oxygen atoms in total. The molecule has 1 saturated heterocycles. The first-order valence-electron chi connectivity index (χ1n) is 37.4. The number of hydrogen-bond acceptors (Lipinski definition) is 31. The monoisotopic (exact) mass is 1830 g/mol. The molecule has 0 radical (unpaired) electrons. The highest BCUT2D eigenvalue weighted by Crippen LogP contribution is 2.14. The molecule has 0 aliphatic carbocycles. The first-order valence-corrected chi connectivity index (χ1v) is 43.8. The van der Waals surface area contributed by atoms with Crippen LogP contribution in [-0.4, -0.2) is 318 Å². The van der Waals surface area contributed by atoms with E-state index in [1.807, 2.05) is 13.8 Å². The number of aliphatic carboxylic acids is 5. The third-order valence-corrected chi connectivity index (χ3v) is 17.1. The minimum atomic E-state index is -4.74. The quantitative estimate of drug-likeness (QED) is 0.0200. The zero-order valence-electron chi connectivity index (χ0n) is 69.6. The Morgan fingerprint density at radius 1 is 0.413 bits per heavy atom. The van der Waals surface area contributed by atoms with E-state index in [9.17, 15) is 115 Å². The van der Waals surface area contributed by atoms with Crippen LogP contribution in [0.2, 0.25) is 0 Å². The van der Waals surface area contributed by atoms with Gasteiger partial charge in [0, 0.05) is 47.6 Å². The van der Waals surface area contributed by atoms with Gasteiger partial charge in [-0.05, 0) is 122 Å². The van der Waals surface area contributed by atoms with E-state index in [-0.39, 0.29) is 51.7 Å². The van der Waals surface area contributed by atoms with Crippen LogP contribution in [0.4, 0.5) is 0 Å². The van der Waals surface area contributed by atoms with Gasteiger partial charge in [0.2, 0.25) is 65.0 Å². The van der Waals surface area contributed by atoms with Crippen molar-refractivity contribution in [3.8, 4) is 0 Å². The third-order valence-electron chi connectivity index (χ3n) is 14.8. The molecule has 28 N–H and O–H groups in total. The summed E-state index contributed by atoms with van der Waals surface area (Å²) in [6.45, 7) is 15.3. The van der Waals surface area contributed by atoms with E-state index in [0.717, 1.165) is 54.9 Å². The fraction of sp³-hybridized carbons (Fsp3) is 0.758. The summed E-state index contributed by atoms with van der Waals surface area (Å²) in [4.78, 5) is 202. The molecule has 11 amide bonds. The van der Waals surface area contributed by atoms with Gasteiger partial charge in [0.05, 0.1) is 12.2 Å². The number of carbonyl (C=O) groups excluding carboxylic acids is 11. The number of aliphatic hydroxyl groups is 2. The average Bonchev–Trinajstić information content (AvgIpc) is 1.12. The summed E-state index contributed by atoms with van der Waals surface area (Å²) in [5.74, 6) is -21.3. The highest BCUT2D eigenvalue weighted by Gasteiger charge is 2.38. The molecule has 55 heteroatoms. The lowest BCUT2D eigenvalue weighted by Crippen LogP contribution is -2.62. The molecule has 704 valence electrons. The molecule has 121 heavy (non-hydrogen) atoms. The minimum Gasteiger partial charge on any atom is -0.481 e. The predicted molar refractivity (Wildman–Crippen MR) is 429 cm³/mol. The van der Waals surface area contributed by atoms with E-state index in [4.69, 9.17) is 55.2 Å². The Bertz CT molecular complexity index is 3680. The zero-order valence-corrected chi connectivity index (χ0v) is 72.9. The maximum absolute atomic E-state index is 14.8. The molecule has 0 aromatic rings. The van der Waals surface area contributed by atoms with Gasteiger partial charge in [-0.25, -0.2) is 0 Å². The summed E-state index contributed by atoms with van der Waals surface area (Å²) in [5.41, 5.74) is 5.82. The van der Waals surface area contributed by atoms with Crippen LogP contribution >= 0.6 is 0 Å². The fourth-order valence-corrected chi connectivity index (χ4v) is 11.4. The second kappa shape index (κ2) is 63.8. The summed E-state index contributed by atoms with van der Waals surface area (Å²) in [6, 6.07) is -17.7. The van der Waals surface area contributed by atoms with Crippen LogP contribution in [0.1, 0.15) is 167 Å². The van der Waals surface area contributed by atoms with Crippen molar-refractivity contribution in [1.29, 1.82) is 0 Å². The molecular weight excluding hydrogens is 1710 g/mol. The number of nitrogens with one attached hydrogen (secondary N) is 15. The van der Waals surface area contributed by atoms with Crippen LogP contribution in [0, 0.1) is 17.8 Å². The summed E-state index contributed by atoms with van der Waals surface area (Å²) in [5, 5.41) is 94.8. The van der Waals surface area contributed by atoms with Crippen molar-refractivity contribution in [2.24, 2.45) is 23.5 Å². The van der Waals surface area contributed by atoms with E-state index < -0.39 is 289 Å². The van der Waals surface area contributed by atoms with Crippen molar-refractivity contribution in [2.45, 2.75) is 240 Å². The van der Waals surface area contributed by atoms with Gasteiger partial charge >= 0.3 is 0 Å². The Kier molecular flexibility index (Phi) is 63.5. The number of hydrogen-bond donors (Lipinski definition) is 27. The summed E-state index contributed by atoms with van der Waals surface area (Å²) in [6.07, 6.45) is -5.35. The average molecular weight is 1830 g/mol. The van der Waals surface area contributed by atoms with Crippen LogP contribution < -0.4 is 85.5 Å². The summed E-state index contributed by atoms with van der Waals surface area (Å²) >= 11 is 0. The van der Waals surface area contributed by atoms with Crippen molar-refractivity contribution in [3.05, 3.63) is 0 Å². The molecule has 1 fully saturated rings. The Morgan fingerprint density at radius 2 is 0.744 bits per heavy atom. The molecule has 1 rings (SSSR count). The number of carboxylic acid groups (broad SMARTS) is 5. The molecule has 0 saturated carbocycles. The van der Waals surface area contributed by atoms with Gasteiger partial charge in [-0.15, -0.1) is 0 Å². The second-order valence-electron chi connectivity index (χ2n) is 28.2. The smallest absolute Gasteiger partial charge is 0.300 e. The minimum absolute atomic E-state index is 0.0706. The van der Waals surface area contributed by atoms with Crippen molar-refractivity contribution in [1.82, 2.24) is 79.8 Å². The number of amides is 11. The number of nitrogens with two attached hydrogens (primary N) is 1. The Balaban J connectivity index is -0.00000200. The molecule has 0 aromatic carbocycles. The van der Waals surface area contributed by atoms with Gasteiger partial charge < -0.3 is 121 Å². The number of carbonyl (C=O) groups is 16. The van der Waals surface area contributed by atoms with Gasteiger partial charge in [-0.2, -0.15) is 33.7 Å². The summed E-state index contributed by atoms with van der Waals surface area (Å²) < 4.78 is 130. The molecule has 1 unspecified atom stereocenters. The largest absolute Gasteiger partial charge is 0.481 e. The van der Waals surface area contributed by atoms with Crippen LogP contribution in [0.15, 0.2) is 0 Å². The third kappa shape index (κ3) is 72.3. The predicted octanol–water partition coefficient (Wildman–Crippen LogP) is -7.47. The number of rotatable bonds is 40. The van der Waals surface area contributed by atoms with E-state index in [0.29, 0.717) is 18.8 Å². The lowest BCUT2D eigenvalue weighted by Gasteiger charge is -2.29. The number of carboxylic acids is 5. The Hall–Kier alpha value is -9.12. The molecule has 0 aromatic heterocycles. The normalized spacial score (nSPS) is 19.1. The molecule has 0 bridgehead atoms. The lowest BCUT2D eigenvalue weighted by molar-refractivity contribution is -0.137.